The van der Waals surface area contributed by atoms with Crippen LogP contribution in [0.25, 0.3) is 0 Å². The molecule has 0 saturated heterocycles. The highest BCUT2D eigenvalue weighted by Gasteiger charge is 2.15. The Kier molecular flexibility index (Phi) is 5.09. The van der Waals surface area contributed by atoms with Crippen molar-refractivity contribution in [1.82, 2.24) is 5.32 Å². The molecule has 6 heteroatoms. The SMILES string of the molecule is CC(NC(=O)c1ccc(NC(=O)c2ccccc2)cc1)C(=O)O. The maximum atomic E-state index is 12.0. The predicted octanol–water partition coefficient (Wildman–Crippen LogP) is 2.14. The number of carboxylic acids is 1. The van der Waals surface area contributed by atoms with Gasteiger partial charge in [-0.1, -0.05) is 18.2 Å². The van der Waals surface area contributed by atoms with E-state index in [-0.39, 0.29) is 5.91 Å². The topological polar surface area (TPSA) is 95.5 Å². The molecule has 0 heterocycles. The van der Waals surface area contributed by atoms with E-state index in [0.29, 0.717) is 16.8 Å². The Morgan fingerprint density at radius 3 is 2.00 bits per heavy atom. The number of benzene rings is 2. The van der Waals surface area contributed by atoms with E-state index in [9.17, 15) is 14.4 Å². The van der Waals surface area contributed by atoms with E-state index in [1.807, 2.05) is 6.07 Å². The number of amides is 2. The van der Waals surface area contributed by atoms with E-state index in [1.54, 1.807) is 36.4 Å². The average molecular weight is 312 g/mol. The van der Waals surface area contributed by atoms with Crippen molar-refractivity contribution in [2.75, 3.05) is 5.32 Å². The molecule has 0 radical (unpaired) electrons. The Labute approximate surface area is 133 Å². The van der Waals surface area contributed by atoms with E-state index in [4.69, 9.17) is 5.11 Å². The first-order chi connectivity index (χ1) is 11.0. The van der Waals surface area contributed by atoms with Crippen molar-refractivity contribution < 1.29 is 19.5 Å². The van der Waals surface area contributed by atoms with Crippen LogP contribution in [0.2, 0.25) is 0 Å². The van der Waals surface area contributed by atoms with E-state index in [0.717, 1.165) is 0 Å². The lowest BCUT2D eigenvalue weighted by Gasteiger charge is -2.10. The van der Waals surface area contributed by atoms with Gasteiger partial charge < -0.3 is 15.7 Å². The molecule has 3 N–H and O–H groups in total. The number of carbonyl (C=O) groups excluding carboxylic acids is 2. The first-order valence-electron chi connectivity index (χ1n) is 6.97. The van der Waals surface area contributed by atoms with Gasteiger partial charge in [-0.2, -0.15) is 0 Å². The summed E-state index contributed by atoms with van der Waals surface area (Å²) in [5.74, 6) is -1.84. The molecule has 1 unspecified atom stereocenters. The summed E-state index contributed by atoms with van der Waals surface area (Å²) in [5, 5.41) is 13.8. The lowest BCUT2D eigenvalue weighted by molar-refractivity contribution is -0.138. The standard InChI is InChI=1S/C17H16N2O4/c1-11(17(22)23)18-15(20)13-7-9-14(10-8-13)19-16(21)12-5-3-2-4-6-12/h2-11H,1H3,(H,18,20)(H,19,21)(H,22,23). The average Bonchev–Trinajstić information content (AvgIpc) is 2.56. The third-order valence-electron chi connectivity index (χ3n) is 3.16. The van der Waals surface area contributed by atoms with Crippen LogP contribution in [0.4, 0.5) is 5.69 Å². The summed E-state index contributed by atoms with van der Waals surface area (Å²) >= 11 is 0. The molecule has 2 aromatic rings. The number of hydrogen-bond donors (Lipinski definition) is 3. The third-order valence-corrected chi connectivity index (χ3v) is 3.16. The molecule has 0 fully saturated rings. The second-order valence-corrected chi connectivity index (χ2v) is 4.93. The Balaban J connectivity index is 2.01. The number of rotatable bonds is 5. The lowest BCUT2D eigenvalue weighted by atomic mass is 10.1. The summed E-state index contributed by atoms with van der Waals surface area (Å²) in [6, 6.07) is 14.0. The van der Waals surface area contributed by atoms with Crippen molar-refractivity contribution in [3.63, 3.8) is 0 Å². The fraction of sp³-hybridized carbons (Fsp3) is 0.118. The van der Waals surface area contributed by atoms with E-state index >= 15 is 0 Å². The molecule has 2 rings (SSSR count). The molecule has 0 aliphatic carbocycles. The van der Waals surface area contributed by atoms with Gasteiger partial charge in [0.2, 0.25) is 0 Å². The molecular formula is C17H16N2O4. The van der Waals surface area contributed by atoms with Gasteiger partial charge in [0, 0.05) is 16.8 Å². The van der Waals surface area contributed by atoms with Crippen molar-refractivity contribution in [1.29, 1.82) is 0 Å². The minimum absolute atomic E-state index is 0.248. The number of nitrogens with one attached hydrogen (secondary N) is 2. The first kappa shape index (κ1) is 16.2. The van der Waals surface area contributed by atoms with Crippen molar-refractivity contribution in [3.05, 3.63) is 65.7 Å². The zero-order valence-electron chi connectivity index (χ0n) is 12.4. The van der Waals surface area contributed by atoms with Gasteiger partial charge in [-0.25, -0.2) is 0 Å². The molecule has 0 aliphatic heterocycles. The number of anilines is 1. The van der Waals surface area contributed by atoms with Gasteiger partial charge >= 0.3 is 5.97 Å². The van der Waals surface area contributed by atoms with Crippen LogP contribution >= 0.6 is 0 Å². The highest BCUT2D eigenvalue weighted by molar-refractivity contribution is 6.04. The highest BCUT2D eigenvalue weighted by Crippen LogP contribution is 2.11. The Bertz CT molecular complexity index is 711. The number of carboxylic acid groups (broad SMARTS) is 1. The van der Waals surface area contributed by atoms with Crippen LogP contribution < -0.4 is 10.6 Å². The largest absolute Gasteiger partial charge is 0.480 e. The minimum atomic E-state index is -1.11. The summed E-state index contributed by atoms with van der Waals surface area (Å²) in [7, 11) is 0. The van der Waals surface area contributed by atoms with E-state index in [1.165, 1.54) is 19.1 Å². The van der Waals surface area contributed by atoms with Crippen LogP contribution in [0.5, 0.6) is 0 Å². The molecule has 6 nitrogen and oxygen atoms in total. The van der Waals surface area contributed by atoms with E-state index in [2.05, 4.69) is 10.6 Å². The summed E-state index contributed by atoms with van der Waals surface area (Å²) in [5.41, 5.74) is 1.39. The fourth-order valence-corrected chi connectivity index (χ4v) is 1.84. The minimum Gasteiger partial charge on any atom is -0.480 e. The fourth-order valence-electron chi connectivity index (χ4n) is 1.84. The van der Waals surface area contributed by atoms with Gasteiger partial charge in [0.15, 0.2) is 0 Å². The normalized spacial score (nSPS) is 11.3. The lowest BCUT2D eigenvalue weighted by Crippen LogP contribution is -2.38. The molecule has 2 amide bonds. The molecule has 0 aliphatic rings. The molecule has 2 aromatic carbocycles. The third kappa shape index (κ3) is 4.41. The highest BCUT2D eigenvalue weighted by atomic mass is 16.4. The Hall–Kier alpha value is -3.15. The molecular weight excluding hydrogens is 296 g/mol. The first-order valence-corrected chi connectivity index (χ1v) is 6.97. The van der Waals surface area contributed by atoms with Gasteiger partial charge in [-0.05, 0) is 43.3 Å². The molecule has 118 valence electrons. The second kappa shape index (κ2) is 7.22. The predicted molar refractivity (Wildman–Crippen MR) is 85.4 cm³/mol. The number of carbonyl (C=O) groups is 3. The van der Waals surface area contributed by atoms with Crippen molar-refractivity contribution in [3.8, 4) is 0 Å². The number of aliphatic carboxylic acids is 1. The van der Waals surface area contributed by atoms with Crippen LogP contribution in [0, 0.1) is 0 Å². The molecule has 23 heavy (non-hydrogen) atoms. The zero-order chi connectivity index (χ0) is 16.8. The van der Waals surface area contributed by atoms with Crippen LogP contribution in [0.1, 0.15) is 27.6 Å². The van der Waals surface area contributed by atoms with Gasteiger partial charge in [0.25, 0.3) is 11.8 Å². The van der Waals surface area contributed by atoms with Crippen LogP contribution in [0.3, 0.4) is 0 Å². The summed E-state index contributed by atoms with van der Waals surface area (Å²) in [6.07, 6.45) is 0. The summed E-state index contributed by atoms with van der Waals surface area (Å²) < 4.78 is 0. The van der Waals surface area contributed by atoms with Gasteiger partial charge in [-0.15, -0.1) is 0 Å². The number of hydrogen-bond acceptors (Lipinski definition) is 3. The van der Waals surface area contributed by atoms with Crippen LogP contribution in [0.15, 0.2) is 54.6 Å². The van der Waals surface area contributed by atoms with Crippen molar-refractivity contribution in [2.45, 2.75) is 13.0 Å². The molecule has 0 bridgehead atoms. The second-order valence-electron chi connectivity index (χ2n) is 4.93. The Morgan fingerprint density at radius 1 is 0.870 bits per heavy atom. The van der Waals surface area contributed by atoms with Crippen LogP contribution in [-0.2, 0) is 4.79 Å². The monoisotopic (exact) mass is 312 g/mol. The molecule has 0 saturated carbocycles. The van der Waals surface area contributed by atoms with Crippen LogP contribution in [-0.4, -0.2) is 28.9 Å². The van der Waals surface area contributed by atoms with Gasteiger partial charge in [0.1, 0.15) is 6.04 Å². The zero-order valence-corrected chi connectivity index (χ0v) is 12.4. The maximum absolute atomic E-state index is 12.0. The molecule has 0 aromatic heterocycles. The van der Waals surface area contributed by atoms with Gasteiger partial charge in [-0.3, -0.25) is 14.4 Å². The quantitative estimate of drug-likeness (QED) is 0.788. The summed E-state index contributed by atoms with van der Waals surface area (Å²) in [4.78, 5) is 34.6. The van der Waals surface area contributed by atoms with E-state index < -0.39 is 17.9 Å². The maximum Gasteiger partial charge on any atom is 0.325 e. The smallest absolute Gasteiger partial charge is 0.325 e. The Morgan fingerprint density at radius 2 is 1.43 bits per heavy atom. The van der Waals surface area contributed by atoms with Gasteiger partial charge in [0.05, 0.1) is 0 Å². The van der Waals surface area contributed by atoms with Crippen molar-refractivity contribution in [2.24, 2.45) is 0 Å². The summed E-state index contributed by atoms with van der Waals surface area (Å²) in [6.45, 7) is 1.38. The molecule has 0 spiro atoms. The molecule has 1 atom stereocenters. The van der Waals surface area contributed by atoms with Crippen molar-refractivity contribution >= 4 is 23.5 Å².